The van der Waals surface area contributed by atoms with Crippen LogP contribution in [0.4, 0.5) is 11.4 Å². The van der Waals surface area contributed by atoms with Gasteiger partial charge in [-0.2, -0.15) is 0 Å². The lowest BCUT2D eigenvalue weighted by Gasteiger charge is -2.40. The predicted molar refractivity (Wildman–Crippen MR) is 152 cm³/mol. The van der Waals surface area contributed by atoms with E-state index in [4.69, 9.17) is 0 Å². The van der Waals surface area contributed by atoms with Crippen LogP contribution in [-0.2, 0) is 13.1 Å². The number of hydrogen-bond acceptors (Lipinski definition) is 6. The van der Waals surface area contributed by atoms with Crippen LogP contribution in [0.15, 0.2) is 97.1 Å². The lowest BCUT2D eigenvalue weighted by Crippen LogP contribution is -2.39. The maximum atomic E-state index is 10.6. The van der Waals surface area contributed by atoms with Crippen LogP contribution >= 0.6 is 0 Å². The molecule has 4 N–H and O–H groups in total. The number of rotatable bonds is 7. The second-order valence-corrected chi connectivity index (χ2v) is 10.2. The molecule has 0 saturated heterocycles. The second-order valence-electron chi connectivity index (χ2n) is 10.2. The van der Waals surface area contributed by atoms with Gasteiger partial charge >= 0.3 is 0 Å². The van der Waals surface area contributed by atoms with Gasteiger partial charge in [-0.3, -0.25) is 9.80 Å². The quantitative estimate of drug-likeness (QED) is 0.217. The average Bonchev–Trinajstić information content (AvgIpc) is 2.95. The van der Waals surface area contributed by atoms with Crippen LogP contribution in [0.1, 0.15) is 47.4 Å². The summed E-state index contributed by atoms with van der Waals surface area (Å²) in [7, 11) is 0. The van der Waals surface area contributed by atoms with E-state index in [2.05, 4.69) is 69.0 Å². The molecule has 2 unspecified atom stereocenters. The summed E-state index contributed by atoms with van der Waals surface area (Å²) in [5.41, 5.74) is 6.60. The van der Waals surface area contributed by atoms with Crippen molar-refractivity contribution in [2.45, 2.75) is 38.3 Å². The molecule has 0 fully saturated rings. The number of aromatic hydroxyl groups is 2. The number of fused-ring (bicyclic) bond motifs is 2. The van der Waals surface area contributed by atoms with E-state index >= 15 is 0 Å². The Bertz CT molecular complexity index is 1300. The van der Waals surface area contributed by atoms with Crippen LogP contribution in [-0.4, -0.2) is 33.1 Å². The van der Waals surface area contributed by atoms with Crippen molar-refractivity contribution in [2.75, 3.05) is 23.7 Å². The first-order valence-electron chi connectivity index (χ1n) is 13.4. The number of nitrogens with zero attached hydrogens (tertiary/aromatic N) is 2. The van der Waals surface area contributed by atoms with E-state index in [-0.39, 0.29) is 12.3 Å². The molecule has 2 atom stereocenters. The number of para-hydroxylation sites is 4. The van der Waals surface area contributed by atoms with Crippen LogP contribution in [0.3, 0.4) is 0 Å². The summed E-state index contributed by atoms with van der Waals surface area (Å²) in [6.07, 6.45) is 1.87. The molecule has 0 spiro atoms. The molecule has 0 aliphatic carbocycles. The monoisotopic (exact) mass is 506 g/mol. The van der Waals surface area contributed by atoms with Crippen molar-refractivity contribution in [3.63, 3.8) is 0 Å². The van der Waals surface area contributed by atoms with Crippen molar-refractivity contribution in [2.24, 2.45) is 0 Å². The smallest absolute Gasteiger partial charge is 0.122 e. The fraction of sp³-hybridized carbons (Fsp3) is 0.250. The van der Waals surface area contributed by atoms with Gasteiger partial charge in [0, 0.05) is 48.7 Å². The van der Waals surface area contributed by atoms with Crippen LogP contribution in [0.2, 0.25) is 0 Å². The molecule has 2 aliphatic heterocycles. The Kier molecular flexibility index (Phi) is 6.90. The number of nitrogens with one attached hydrogen (secondary N) is 2. The van der Waals surface area contributed by atoms with E-state index < -0.39 is 0 Å². The number of phenolic OH excluding ortho intramolecular Hbond substituents is 2. The third kappa shape index (κ3) is 4.93. The van der Waals surface area contributed by atoms with Gasteiger partial charge in [-0.1, -0.05) is 72.8 Å². The van der Waals surface area contributed by atoms with Gasteiger partial charge in [0.25, 0.3) is 0 Å². The fourth-order valence-corrected chi connectivity index (χ4v) is 5.73. The SMILES string of the molecule is Oc1ccccc1C1Nc2ccccc2CN1CCCCN1Cc2ccccc2NC1c1ccccc1O. The van der Waals surface area contributed by atoms with Gasteiger partial charge in [0.2, 0.25) is 0 Å². The van der Waals surface area contributed by atoms with Crippen LogP contribution in [0.5, 0.6) is 11.5 Å². The van der Waals surface area contributed by atoms with Crippen molar-refractivity contribution in [1.29, 1.82) is 0 Å². The lowest BCUT2D eigenvalue weighted by atomic mass is 10.0. The van der Waals surface area contributed by atoms with E-state index in [1.165, 1.54) is 11.1 Å². The standard InChI is InChI=1S/C32H34N4O2/c37-29-17-7-3-13-25(29)31-33-27-15-5-1-11-23(27)21-35(31)19-9-10-20-36-22-24-12-2-6-16-28(24)34-32(36)26-14-4-8-18-30(26)38/h1-8,11-18,31-34,37-38H,9-10,19-22H2. The van der Waals surface area contributed by atoms with Crippen molar-refractivity contribution < 1.29 is 10.2 Å². The summed E-state index contributed by atoms with van der Waals surface area (Å²) in [5, 5.41) is 28.5. The molecule has 2 aliphatic rings. The zero-order valence-corrected chi connectivity index (χ0v) is 21.4. The highest BCUT2D eigenvalue weighted by Gasteiger charge is 2.30. The third-order valence-electron chi connectivity index (χ3n) is 7.70. The highest BCUT2D eigenvalue weighted by molar-refractivity contribution is 5.56. The number of anilines is 2. The molecule has 0 amide bonds. The zero-order chi connectivity index (χ0) is 25.9. The van der Waals surface area contributed by atoms with Gasteiger partial charge in [-0.25, -0.2) is 0 Å². The first-order valence-corrected chi connectivity index (χ1v) is 13.4. The summed E-state index contributed by atoms with van der Waals surface area (Å²) in [4.78, 5) is 4.84. The van der Waals surface area contributed by atoms with Gasteiger partial charge in [0.15, 0.2) is 0 Å². The van der Waals surface area contributed by atoms with E-state index in [9.17, 15) is 10.2 Å². The molecule has 2 heterocycles. The minimum Gasteiger partial charge on any atom is -0.508 e. The Morgan fingerprint density at radius 2 is 0.947 bits per heavy atom. The largest absolute Gasteiger partial charge is 0.508 e. The topological polar surface area (TPSA) is 71.0 Å². The molecule has 6 nitrogen and oxygen atoms in total. The van der Waals surface area contributed by atoms with Gasteiger partial charge in [-0.05, 0) is 48.2 Å². The molecule has 38 heavy (non-hydrogen) atoms. The maximum absolute atomic E-state index is 10.6. The average molecular weight is 507 g/mol. The molecule has 4 aromatic rings. The minimum absolute atomic E-state index is 0.0800. The molecule has 0 saturated carbocycles. The summed E-state index contributed by atoms with van der Waals surface area (Å²) in [6, 6.07) is 32.1. The maximum Gasteiger partial charge on any atom is 0.122 e. The summed E-state index contributed by atoms with van der Waals surface area (Å²) < 4.78 is 0. The third-order valence-corrected chi connectivity index (χ3v) is 7.70. The van der Waals surface area contributed by atoms with Gasteiger partial charge in [0.05, 0.1) is 0 Å². The zero-order valence-electron chi connectivity index (χ0n) is 21.4. The number of benzene rings is 4. The summed E-state index contributed by atoms with van der Waals surface area (Å²) in [5.74, 6) is 0.635. The van der Waals surface area contributed by atoms with Gasteiger partial charge in [-0.15, -0.1) is 0 Å². The molecule has 0 aromatic heterocycles. The molecular formula is C32H34N4O2. The molecule has 0 radical (unpaired) electrons. The van der Waals surface area contributed by atoms with Crippen LogP contribution < -0.4 is 10.6 Å². The van der Waals surface area contributed by atoms with Crippen LogP contribution in [0, 0.1) is 0 Å². The Morgan fingerprint density at radius 1 is 0.553 bits per heavy atom. The van der Waals surface area contributed by atoms with Gasteiger partial charge < -0.3 is 20.8 Å². The molecule has 4 aromatic carbocycles. The Morgan fingerprint density at radius 3 is 1.39 bits per heavy atom. The van der Waals surface area contributed by atoms with Crippen molar-refractivity contribution in [3.8, 4) is 11.5 Å². The van der Waals surface area contributed by atoms with E-state index in [0.717, 1.165) is 61.5 Å². The van der Waals surface area contributed by atoms with E-state index in [1.54, 1.807) is 12.1 Å². The highest BCUT2D eigenvalue weighted by Crippen LogP contribution is 2.38. The fourth-order valence-electron chi connectivity index (χ4n) is 5.73. The van der Waals surface area contributed by atoms with Crippen molar-refractivity contribution in [3.05, 3.63) is 119 Å². The van der Waals surface area contributed by atoms with Gasteiger partial charge in [0.1, 0.15) is 23.8 Å². The normalized spacial score (nSPS) is 19.2. The predicted octanol–water partition coefficient (Wildman–Crippen LogP) is 6.43. The van der Waals surface area contributed by atoms with Crippen LogP contribution in [0.25, 0.3) is 0 Å². The van der Waals surface area contributed by atoms with E-state index in [1.807, 2.05) is 36.4 Å². The Labute approximate surface area is 224 Å². The summed E-state index contributed by atoms with van der Waals surface area (Å²) >= 11 is 0. The highest BCUT2D eigenvalue weighted by atomic mass is 16.3. The van der Waals surface area contributed by atoms with Crippen molar-refractivity contribution in [1.82, 2.24) is 9.80 Å². The number of unbranched alkanes of at least 4 members (excludes halogenated alkanes) is 1. The minimum atomic E-state index is -0.0800. The van der Waals surface area contributed by atoms with E-state index in [0.29, 0.717) is 11.5 Å². The second kappa shape index (κ2) is 10.8. The number of hydrogen-bond donors (Lipinski definition) is 4. The molecule has 6 rings (SSSR count). The Hall–Kier alpha value is -4.00. The number of phenols is 2. The first-order chi connectivity index (χ1) is 18.7. The summed E-state index contributed by atoms with van der Waals surface area (Å²) in [6.45, 7) is 3.47. The lowest BCUT2D eigenvalue weighted by molar-refractivity contribution is 0.169. The molecule has 0 bridgehead atoms. The molecule has 194 valence electrons. The van der Waals surface area contributed by atoms with Crippen molar-refractivity contribution >= 4 is 11.4 Å². The molecular weight excluding hydrogens is 472 g/mol. The first kappa shape index (κ1) is 24.3. The Balaban J connectivity index is 1.16. The molecule has 6 heteroatoms.